The quantitative estimate of drug-likeness (QED) is 0.252. The van der Waals surface area contributed by atoms with Gasteiger partial charge in [-0.3, -0.25) is 4.98 Å². The molecule has 0 aliphatic heterocycles. The molecular weight excluding hydrogens is 389 g/mol. The summed E-state index contributed by atoms with van der Waals surface area (Å²) in [6.45, 7) is 10.9. The predicted molar refractivity (Wildman–Crippen MR) is 128 cm³/mol. The van der Waals surface area contributed by atoms with Crippen LogP contribution in [0.25, 0.3) is 42.9 Å². The number of halogens is 1. The number of pyridine rings is 1. The zero-order valence-corrected chi connectivity index (χ0v) is 18.7. The van der Waals surface area contributed by atoms with Crippen LogP contribution in [-0.2, 0) is 5.41 Å². The van der Waals surface area contributed by atoms with Crippen molar-refractivity contribution in [1.82, 2.24) is 4.98 Å². The molecule has 0 radical (unpaired) electrons. The Bertz CT molecular complexity index is 1450. The lowest BCUT2D eigenvalue weighted by atomic mass is 9.83. The van der Waals surface area contributed by atoms with Gasteiger partial charge in [-0.2, -0.15) is 0 Å². The molecule has 3 heteroatoms. The van der Waals surface area contributed by atoms with Crippen LogP contribution in [0.3, 0.4) is 0 Å². The molecule has 0 unspecified atom stereocenters. The second-order valence-electron chi connectivity index (χ2n) is 9.20. The standard InChI is InChI=1S/C27H24FNS/c1-15-10-21-18-8-9-29-26(20(18)7-6-19(21)24(28)11-15)17-13-23(27(3,4)5)22-12-16(2)30-25(22)14-17/h6-14H,1-5H3. The molecule has 0 aliphatic carbocycles. The van der Waals surface area contributed by atoms with Crippen molar-refractivity contribution in [1.29, 1.82) is 0 Å². The summed E-state index contributed by atoms with van der Waals surface area (Å²) in [6.07, 6.45) is 1.85. The first-order valence-electron chi connectivity index (χ1n) is 10.2. The molecule has 5 rings (SSSR count). The summed E-state index contributed by atoms with van der Waals surface area (Å²) < 4.78 is 15.8. The molecule has 0 spiro atoms. The third kappa shape index (κ3) is 3.00. The molecule has 1 nitrogen and oxygen atoms in total. The summed E-state index contributed by atoms with van der Waals surface area (Å²) in [7, 11) is 0. The third-order valence-corrected chi connectivity index (χ3v) is 6.81. The Morgan fingerprint density at radius 1 is 0.800 bits per heavy atom. The van der Waals surface area contributed by atoms with Crippen LogP contribution < -0.4 is 0 Å². The molecule has 0 aliphatic rings. The molecule has 0 fully saturated rings. The third-order valence-electron chi connectivity index (χ3n) is 5.81. The fraction of sp³-hybridized carbons (Fsp3) is 0.222. The highest BCUT2D eigenvalue weighted by molar-refractivity contribution is 7.19. The Hall–Kier alpha value is -2.78. The number of hydrogen-bond donors (Lipinski definition) is 0. The normalized spacial score (nSPS) is 12.3. The minimum Gasteiger partial charge on any atom is -0.256 e. The summed E-state index contributed by atoms with van der Waals surface area (Å²) in [4.78, 5) is 6.09. The average molecular weight is 414 g/mol. The molecule has 0 atom stereocenters. The Kier molecular flexibility index (Phi) is 4.23. The molecule has 2 heterocycles. The maximum Gasteiger partial charge on any atom is 0.131 e. The number of nitrogens with zero attached hydrogens (tertiary/aromatic N) is 1. The van der Waals surface area contributed by atoms with Gasteiger partial charge >= 0.3 is 0 Å². The number of hydrogen-bond acceptors (Lipinski definition) is 2. The van der Waals surface area contributed by atoms with Crippen molar-refractivity contribution in [3.05, 3.63) is 76.5 Å². The molecule has 150 valence electrons. The van der Waals surface area contributed by atoms with Crippen LogP contribution in [0.15, 0.2) is 54.7 Å². The lowest BCUT2D eigenvalue weighted by molar-refractivity contribution is 0.596. The largest absolute Gasteiger partial charge is 0.256 e. The van der Waals surface area contributed by atoms with Crippen molar-refractivity contribution >= 4 is 43.0 Å². The van der Waals surface area contributed by atoms with E-state index < -0.39 is 0 Å². The number of thiophene rings is 1. The van der Waals surface area contributed by atoms with Crippen molar-refractivity contribution in [3.63, 3.8) is 0 Å². The Labute approximate surface area is 180 Å². The van der Waals surface area contributed by atoms with Gasteiger partial charge in [-0.1, -0.05) is 39.0 Å². The second kappa shape index (κ2) is 6.61. The maximum absolute atomic E-state index is 14.5. The van der Waals surface area contributed by atoms with E-state index in [9.17, 15) is 4.39 Å². The average Bonchev–Trinajstić information content (AvgIpc) is 3.05. The summed E-state index contributed by atoms with van der Waals surface area (Å²) in [5.74, 6) is -0.171. The van der Waals surface area contributed by atoms with E-state index in [1.165, 1.54) is 20.5 Å². The zero-order chi connectivity index (χ0) is 21.2. The molecule has 30 heavy (non-hydrogen) atoms. The summed E-state index contributed by atoms with van der Waals surface area (Å²) in [5, 5.41) is 5.03. The second-order valence-corrected chi connectivity index (χ2v) is 10.5. The Balaban J connectivity index is 1.86. The van der Waals surface area contributed by atoms with Crippen LogP contribution >= 0.6 is 11.3 Å². The van der Waals surface area contributed by atoms with E-state index in [1.54, 1.807) is 6.07 Å². The van der Waals surface area contributed by atoms with E-state index in [0.717, 1.165) is 33.0 Å². The number of fused-ring (bicyclic) bond motifs is 4. The van der Waals surface area contributed by atoms with Crippen LogP contribution in [-0.4, -0.2) is 4.98 Å². The number of benzene rings is 3. The van der Waals surface area contributed by atoms with Crippen LogP contribution in [0.1, 0.15) is 36.8 Å². The van der Waals surface area contributed by atoms with Gasteiger partial charge in [0.05, 0.1) is 5.69 Å². The first-order chi connectivity index (χ1) is 14.2. The topological polar surface area (TPSA) is 12.9 Å². The van der Waals surface area contributed by atoms with Gasteiger partial charge in [-0.15, -0.1) is 11.3 Å². The molecule has 3 aromatic carbocycles. The van der Waals surface area contributed by atoms with Gasteiger partial charge in [0, 0.05) is 32.1 Å². The SMILES string of the molecule is Cc1cc(F)c2ccc3c(-c4cc(C(C)(C)C)c5cc(C)sc5c4)nccc3c2c1. The number of aromatic nitrogens is 1. The number of rotatable bonds is 1. The molecule has 0 saturated carbocycles. The van der Waals surface area contributed by atoms with Gasteiger partial charge in [0.1, 0.15) is 5.82 Å². The van der Waals surface area contributed by atoms with Crippen LogP contribution in [0.4, 0.5) is 4.39 Å². The van der Waals surface area contributed by atoms with E-state index in [-0.39, 0.29) is 11.2 Å². The highest BCUT2D eigenvalue weighted by Gasteiger charge is 2.21. The fourth-order valence-corrected chi connectivity index (χ4v) is 5.43. The van der Waals surface area contributed by atoms with E-state index in [1.807, 2.05) is 42.7 Å². The van der Waals surface area contributed by atoms with E-state index in [0.29, 0.717) is 5.39 Å². The molecule has 5 aromatic rings. The summed E-state index contributed by atoms with van der Waals surface area (Å²) in [5.41, 5.74) is 4.36. The highest BCUT2D eigenvalue weighted by atomic mass is 32.1. The molecule has 0 bridgehead atoms. The Morgan fingerprint density at radius 3 is 2.33 bits per heavy atom. The van der Waals surface area contributed by atoms with Crippen LogP contribution in [0, 0.1) is 19.7 Å². The summed E-state index contributed by atoms with van der Waals surface area (Å²) >= 11 is 1.83. The Morgan fingerprint density at radius 2 is 1.57 bits per heavy atom. The van der Waals surface area contributed by atoms with Gasteiger partial charge in [0.2, 0.25) is 0 Å². The first-order valence-corrected chi connectivity index (χ1v) is 11.1. The fourth-order valence-electron chi connectivity index (χ4n) is 4.44. The van der Waals surface area contributed by atoms with Crippen molar-refractivity contribution in [2.75, 3.05) is 0 Å². The van der Waals surface area contributed by atoms with Gasteiger partial charge in [0.25, 0.3) is 0 Å². The van der Waals surface area contributed by atoms with Gasteiger partial charge < -0.3 is 0 Å². The molecule has 0 N–H and O–H groups in total. The molecule has 0 saturated heterocycles. The lowest BCUT2D eigenvalue weighted by Crippen LogP contribution is -2.11. The lowest BCUT2D eigenvalue weighted by Gasteiger charge is -2.21. The highest BCUT2D eigenvalue weighted by Crippen LogP contribution is 2.40. The molecular formula is C27H24FNS. The molecule has 2 aromatic heterocycles. The van der Waals surface area contributed by atoms with Crippen molar-refractivity contribution in [2.45, 2.75) is 40.0 Å². The van der Waals surface area contributed by atoms with Gasteiger partial charge in [-0.25, -0.2) is 4.39 Å². The number of aryl methyl sites for hydroxylation is 2. The van der Waals surface area contributed by atoms with Crippen molar-refractivity contribution < 1.29 is 4.39 Å². The minimum atomic E-state index is -0.171. The van der Waals surface area contributed by atoms with Crippen molar-refractivity contribution in [3.8, 4) is 11.3 Å². The van der Waals surface area contributed by atoms with Gasteiger partial charge in [0.15, 0.2) is 0 Å². The van der Waals surface area contributed by atoms with Crippen LogP contribution in [0.5, 0.6) is 0 Å². The van der Waals surface area contributed by atoms with Crippen LogP contribution in [0.2, 0.25) is 0 Å². The minimum absolute atomic E-state index is 0.0271. The van der Waals surface area contributed by atoms with Gasteiger partial charge in [-0.05, 0) is 76.9 Å². The van der Waals surface area contributed by atoms with E-state index in [4.69, 9.17) is 4.98 Å². The monoisotopic (exact) mass is 413 g/mol. The zero-order valence-electron chi connectivity index (χ0n) is 17.9. The maximum atomic E-state index is 14.5. The summed E-state index contributed by atoms with van der Waals surface area (Å²) in [6, 6.07) is 16.4. The first kappa shape index (κ1) is 19.2. The van der Waals surface area contributed by atoms with E-state index in [2.05, 4.69) is 52.0 Å². The predicted octanol–water partition coefficient (Wildman–Crippen LogP) is 8.32. The van der Waals surface area contributed by atoms with E-state index >= 15 is 0 Å². The smallest absolute Gasteiger partial charge is 0.131 e. The van der Waals surface area contributed by atoms with Crippen molar-refractivity contribution in [2.24, 2.45) is 0 Å². The molecule has 0 amide bonds.